The van der Waals surface area contributed by atoms with E-state index < -0.39 is 12.1 Å². The third-order valence-corrected chi connectivity index (χ3v) is 5.92. The first-order valence-corrected chi connectivity index (χ1v) is 11.8. The van der Waals surface area contributed by atoms with Gasteiger partial charge in [0.1, 0.15) is 11.9 Å². The number of hydrogen-bond donors (Lipinski definition) is 1. The van der Waals surface area contributed by atoms with E-state index in [1.807, 2.05) is 32.3 Å². The predicted octanol–water partition coefficient (Wildman–Crippen LogP) is 5.04. The largest absolute Gasteiger partial charge is 0.490 e. The summed E-state index contributed by atoms with van der Waals surface area (Å²) in [5.41, 5.74) is 2.60. The van der Waals surface area contributed by atoms with Crippen LogP contribution >= 0.6 is 0 Å². The summed E-state index contributed by atoms with van der Waals surface area (Å²) >= 11 is 0. The second-order valence-corrected chi connectivity index (χ2v) is 8.95. The van der Waals surface area contributed by atoms with Crippen LogP contribution in [0.25, 0.3) is 11.4 Å². The number of imidazole rings is 1. The maximum Gasteiger partial charge on any atom is 0.490 e. The summed E-state index contributed by atoms with van der Waals surface area (Å²) in [6.07, 6.45) is 0.0331. The van der Waals surface area contributed by atoms with Crippen molar-refractivity contribution in [3.8, 4) is 11.4 Å². The van der Waals surface area contributed by atoms with E-state index in [-0.39, 0.29) is 12.1 Å². The van der Waals surface area contributed by atoms with Crippen molar-refractivity contribution in [2.45, 2.75) is 64.8 Å². The molecule has 1 aliphatic heterocycles. The zero-order chi connectivity index (χ0) is 26.2. The summed E-state index contributed by atoms with van der Waals surface area (Å²) < 4.78 is 40.0. The number of esters is 1. The number of nitrogens with zero attached hydrogens (tertiary/aromatic N) is 3. The monoisotopic (exact) mass is 497 g/mol. The van der Waals surface area contributed by atoms with Crippen molar-refractivity contribution in [2.75, 3.05) is 20.6 Å². The molecule has 0 saturated heterocycles. The average Bonchev–Trinajstić information content (AvgIpc) is 2.99. The van der Waals surface area contributed by atoms with E-state index >= 15 is 0 Å². The second-order valence-electron chi connectivity index (χ2n) is 8.95. The highest BCUT2D eigenvalue weighted by atomic mass is 19.4. The highest BCUT2D eigenvalue weighted by Crippen LogP contribution is 2.28. The van der Waals surface area contributed by atoms with E-state index in [2.05, 4.69) is 35.4 Å². The Morgan fingerprint density at radius 2 is 1.80 bits per heavy atom. The van der Waals surface area contributed by atoms with Gasteiger partial charge >= 0.3 is 18.1 Å². The van der Waals surface area contributed by atoms with E-state index in [9.17, 15) is 18.0 Å². The Hall–Kier alpha value is -2.88. The van der Waals surface area contributed by atoms with Crippen LogP contribution in [0.3, 0.4) is 0 Å². The number of fused-ring (bicyclic) bond motifs is 1. The molecule has 1 N–H and O–H groups in total. The number of aliphatic carboxylic acids is 1. The fourth-order valence-electron chi connectivity index (χ4n) is 3.84. The number of alkyl halides is 3. The number of aromatic nitrogens is 2. The lowest BCUT2D eigenvalue weighted by atomic mass is 10.0. The normalized spacial score (nSPS) is 15.3. The topological polar surface area (TPSA) is 84.7 Å². The van der Waals surface area contributed by atoms with Crippen molar-refractivity contribution in [3.05, 3.63) is 41.7 Å². The molecule has 35 heavy (non-hydrogen) atoms. The van der Waals surface area contributed by atoms with Gasteiger partial charge in [-0.1, -0.05) is 50.6 Å². The van der Waals surface area contributed by atoms with Gasteiger partial charge in [-0.05, 0) is 45.7 Å². The third-order valence-electron chi connectivity index (χ3n) is 5.92. The SMILES string of the molecule is CCC(C)C(CN(C)C)OC(=O)c1nc(-c2ccccc2)n2c1CCCCC2.O=C(O)C(F)(F)F. The number of rotatable bonds is 7. The van der Waals surface area contributed by atoms with E-state index in [0.717, 1.165) is 55.9 Å². The predicted molar refractivity (Wildman–Crippen MR) is 126 cm³/mol. The summed E-state index contributed by atoms with van der Waals surface area (Å²) in [5.74, 6) is -1.84. The number of ether oxygens (including phenoxy) is 1. The standard InChI is InChI=1S/C23H33N3O2.C2HF3O2/c1-5-17(2)20(16-25(3)4)28-23(27)21-19-14-10-7-11-15-26(19)22(24-21)18-12-8-6-9-13-18;3-2(4,5)1(6)7/h6,8-9,12-13,17,20H,5,7,10-11,14-16H2,1-4H3;(H,6,7). The highest BCUT2D eigenvalue weighted by Gasteiger charge is 2.38. The number of hydrogen-bond acceptors (Lipinski definition) is 5. The smallest absolute Gasteiger partial charge is 0.475 e. The van der Waals surface area contributed by atoms with Gasteiger partial charge in [-0.3, -0.25) is 0 Å². The van der Waals surface area contributed by atoms with E-state index in [0.29, 0.717) is 11.6 Å². The van der Waals surface area contributed by atoms with Crippen molar-refractivity contribution in [1.29, 1.82) is 0 Å². The molecule has 3 rings (SSSR count). The maximum atomic E-state index is 13.2. The Morgan fingerprint density at radius 1 is 1.17 bits per heavy atom. The quantitative estimate of drug-likeness (QED) is 0.540. The first-order chi connectivity index (χ1) is 16.5. The summed E-state index contributed by atoms with van der Waals surface area (Å²) in [4.78, 5) is 28.9. The molecule has 2 unspecified atom stereocenters. The van der Waals surface area contributed by atoms with Gasteiger partial charge in [0.2, 0.25) is 0 Å². The lowest BCUT2D eigenvalue weighted by Gasteiger charge is -2.26. The van der Waals surface area contributed by atoms with Crippen molar-refractivity contribution in [3.63, 3.8) is 0 Å². The van der Waals surface area contributed by atoms with Crippen LogP contribution in [-0.4, -0.2) is 64.4 Å². The number of halogens is 3. The molecule has 1 aromatic heterocycles. The average molecular weight is 498 g/mol. The molecule has 2 atom stereocenters. The van der Waals surface area contributed by atoms with Crippen LogP contribution in [0.5, 0.6) is 0 Å². The molecule has 0 saturated carbocycles. The molecule has 0 fully saturated rings. The molecule has 7 nitrogen and oxygen atoms in total. The summed E-state index contributed by atoms with van der Waals surface area (Å²) in [6, 6.07) is 10.2. The van der Waals surface area contributed by atoms with Crippen LogP contribution in [0.15, 0.2) is 30.3 Å². The molecule has 1 aromatic carbocycles. The van der Waals surface area contributed by atoms with Crippen LogP contribution in [0.1, 0.15) is 55.7 Å². The van der Waals surface area contributed by atoms with Crippen LogP contribution in [0, 0.1) is 5.92 Å². The van der Waals surface area contributed by atoms with Gasteiger partial charge < -0.3 is 19.3 Å². The molecule has 0 radical (unpaired) electrons. The van der Waals surface area contributed by atoms with Crippen LogP contribution < -0.4 is 0 Å². The molecule has 0 bridgehead atoms. The van der Waals surface area contributed by atoms with Crippen LogP contribution in [-0.2, 0) is 22.5 Å². The Morgan fingerprint density at radius 3 is 2.34 bits per heavy atom. The van der Waals surface area contributed by atoms with Crippen molar-refractivity contribution in [2.24, 2.45) is 5.92 Å². The summed E-state index contributed by atoms with van der Waals surface area (Å²) in [7, 11) is 4.03. The van der Waals surface area contributed by atoms with Crippen molar-refractivity contribution in [1.82, 2.24) is 14.5 Å². The Bertz CT molecular complexity index is 974. The number of likely N-dealkylation sites (N-methyl/N-ethyl adjacent to an activating group) is 1. The third kappa shape index (κ3) is 8.09. The maximum absolute atomic E-state index is 13.2. The molecule has 0 spiro atoms. The number of carboxylic acids is 1. The second kappa shape index (κ2) is 12.7. The molecular formula is C25H34F3N3O4. The summed E-state index contributed by atoms with van der Waals surface area (Å²) in [5, 5.41) is 7.12. The zero-order valence-corrected chi connectivity index (χ0v) is 20.6. The number of carbonyl (C=O) groups is 2. The number of carboxylic acid groups (broad SMARTS) is 1. The van der Waals surface area contributed by atoms with Gasteiger partial charge in [0.15, 0.2) is 5.69 Å². The zero-order valence-electron chi connectivity index (χ0n) is 20.6. The van der Waals surface area contributed by atoms with Gasteiger partial charge in [0.25, 0.3) is 0 Å². The first-order valence-electron chi connectivity index (χ1n) is 11.8. The number of benzene rings is 1. The molecule has 1 aliphatic rings. The molecular weight excluding hydrogens is 463 g/mol. The fourth-order valence-corrected chi connectivity index (χ4v) is 3.84. The van der Waals surface area contributed by atoms with Gasteiger partial charge in [-0.15, -0.1) is 0 Å². The molecule has 194 valence electrons. The van der Waals surface area contributed by atoms with Gasteiger partial charge in [0.05, 0.1) is 5.69 Å². The lowest BCUT2D eigenvalue weighted by molar-refractivity contribution is -0.192. The minimum Gasteiger partial charge on any atom is -0.475 e. The molecule has 0 amide bonds. The van der Waals surface area contributed by atoms with Crippen molar-refractivity contribution < 1.29 is 32.6 Å². The lowest BCUT2D eigenvalue weighted by Crippen LogP contribution is -2.35. The summed E-state index contributed by atoms with van der Waals surface area (Å²) in [6.45, 7) is 5.91. The molecule has 2 aromatic rings. The van der Waals surface area contributed by atoms with Gasteiger partial charge in [-0.25, -0.2) is 14.6 Å². The molecule has 10 heteroatoms. The first kappa shape index (κ1) is 28.4. The minimum absolute atomic E-state index is 0.129. The molecule has 0 aliphatic carbocycles. The highest BCUT2D eigenvalue weighted by molar-refractivity contribution is 5.90. The minimum atomic E-state index is -5.08. The fraction of sp³-hybridized carbons (Fsp3) is 0.560. The van der Waals surface area contributed by atoms with Crippen LogP contribution in [0.4, 0.5) is 13.2 Å². The van der Waals surface area contributed by atoms with Crippen molar-refractivity contribution >= 4 is 11.9 Å². The van der Waals surface area contributed by atoms with Gasteiger partial charge in [-0.2, -0.15) is 13.2 Å². The van der Waals surface area contributed by atoms with E-state index in [4.69, 9.17) is 19.6 Å². The number of carbonyl (C=O) groups excluding carboxylic acids is 1. The Kier molecular flexibility index (Phi) is 10.3. The van der Waals surface area contributed by atoms with E-state index in [1.165, 1.54) is 6.42 Å². The van der Waals surface area contributed by atoms with Crippen LogP contribution in [0.2, 0.25) is 0 Å². The Labute approximate surface area is 203 Å². The Balaban J connectivity index is 0.000000540. The molecule has 2 heterocycles. The van der Waals surface area contributed by atoms with E-state index in [1.54, 1.807) is 0 Å². The van der Waals surface area contributed by atoms with Gasteiger partial charge in [0, 0.05) is 18.7 Å².